The number of aliphatic hydroxyl groups excluding tert-OH is 1. The van der Waals surface area contributed by atoms with Crippen molar-refractivity contribution in [1.29, 1.82) is 0 Å². The molecule has 0 aromatic rings. The Morgan fingerprint density at radius 3 is 2.75 bits per heavy atom. The van der Waals surface area contributed by atoms with Crippen LogP contribution in [0.3, 0.4) is 0 Å². The first-order valence-corrected chi connectivity index (χ1v) is 6.93. The van der Waals surface area contributed by atoms with Gasteiger partial charge in [-0.05, 0) is 45.1 Å². The zero-order chi connectivity index (χ0) is 11.4. The minimum absolute atomic E-state index is 0.333. The Morgan fingerprint density at radius 1 is 1.12 bits per heavy atom. The Balaban J connectivity index is 1.93. The number of hydrogen-bond acceptors (Lipinski definition) is 3. The Labute approximate surface area is 99.0 Å². The predicted octanol–water partition coefficient (Wildman–Crippen LogP) is 1.49. The van der Waals surface area contributed by atoms with E-state index in [4.69, 9.17) is 10.8 Å². The van der Waals surface area contributed by atoms with Crippen molar-refractivity contribution in [3.05, 3.63) is 0 Å². The van der Waals surface area contributed by atoms with Crippen LogP contribution in [0.15, 0.2) is 0 Å². The average molecular weight is 226 g/mol. The van der Waals surface area contributed by atoms with E-state index in [2.05, 4.69) is 4.90 Å². The molecule has 1 heterocycles. The minimum Gasteiger partial charge on any atom is -0.396 e. The fourth-order valence-corrected chi connectivity index (χ4v) is 3.46. The third kappa shape index (κ3) is 2.96. The topological polar surface area (TPSA) is 49.5 Å². The summed E-state index contributed by atoms with van der Waals surface area (Å²) in [6.45, 7) is 1.56. The zero-order valence-corrected chi connectivity index (χ0v) is 10.3. The second-order valence-electron chi connectivity index (χ2n) is 5.48. The smallest absolute Gasteiger partial charge is 0.0445 e. The van der Waals surface area contributed by atoms with Gasteiger partial charge in [0.2, 0.25) is 0 Å². The summed E-state index contributed by atoms with van der Waals surface area (Å²) < 4.78 is 0. The first-order valence-electron chi connectivity index (χ1n) is 6.93. The van der Waals surface area contributed by atoms with Crippen molar-refractivity contribution in [3.8, 4) is 0 Å². The first-order chi connectivity index (χ1) is 7.81. The van der Waals surface area contributed by atoms with E-state index in [1.807, 2.05) is 0 Å². The lowest BCUT2D eigenvalue weighted by Gasteiger charge is -2.44. The van der Waals surface area contributed by atoms with E-state index in [1.165, 1.54) is 51.5 Å². The van der Waals surface area contributed by atoms with Gasteiger partial charge in [-0.15, -0.1) is 0 Å². The molecule has 16 heavy (non-hydrogen) atoms. The van der Waals surface area contributed by atoms with E-state index in [0.717, 1.165) is 6.42 Å². The number of likely N-dealkylation sites (tertiary alicyclic amines) is 1. The fourth-order valence-electron chi connectivity index (χ4n) is 3.46. The van der Waals surface area contributed by atoms with Gasteiger partial charge in [0.15, 0.2) is 0 Å². The van der Waals surface area contributed by atoms with Crippen LogP contribution >= 0.6 is 0 Å². The van der Waals surface area contributed by atoms with Gasteiger partial charge >= 0.3 is 0 Å². The van der Waals surface area contributed by atoms with Crippen molar-refractivity contribution in [2.75, 3.05) is 13.2 Å². The molecule has 3 heteroatoms. The lowest BCUT2D eigenvalue weighted by molar-refractivity contribution is 0.0539. The third-order valence-corrected chi connectivity index (χ3v) is 4.29. The van der Waals surface area contributed by atoms with Crippen molar-refractivity contribution in [1.82, 2.24) is 4.90 Å². The van der Waals surface area contributed by atoms with Gasteiger partial charge in [0, 0.05) is 24.7 Å². The number of piperidine rings is 1. The van der Waals surface area contributed by atoms with E-state index in [9.17, 15) is 0 Å². The molecule has 2 aliphatic rings. The molecule has 3 N–H and O–H groups in total. The van der Waals surface area contributed by atoms with Crippen LogP contribution in [0.5, 0.6) is 0 Å². The van der Waals surface area contributed by atoms with E-state index >= 15 is 0 Å². The van der Waals surface area contributed by atoms with Crippen LogP contribution in [0.25, 0.3) is 0 Å². The van der Waals surface area contributed by atoms with Gasteiger partial charge in [0.05, 0.1) is 0 Å². The number of nitrogens with zero attached hydrogens (tertiary/aromatic N) is 1. The van der Waals surface area contributed by atoms with E-state index in [-0.39, 0.29) is 0 Å². The summed E-state index contributed by atoms with van der Waals surface area (Å²) in [7, 11) is 0. The highest BCUT2D eigenvalue weighted by Gasteiger charge is 2.31. The van der Waals surface area contributed by atoms with Gasteiger partial charge in [-0.3, -0.25) is 4.90 Å². The van der Waals surface area contributed by atoms with Gasteiger partial charge in [0.25, 0.3) is 0 Å². The molecule has 0 radical (unpaired) electrons. The van der Waals surface area contributed by atoms with Crippen LogP contribution in [0, 0.1) is 0 Å². The number of aliphatic hydroxyl groups is 1. The molecule has 1 aliphatic carbocycles. The molecule has 3 nitrogen and oxygen atoms in total. The molecule has 1 saturated carbocycles. The molecule has 0 bridgehead atoms. The second kappa shape index (κ2) is 5.99. The highest BCUT2D eigenvalue weighted by atomic mass is 16.3. The van der Waals surface area contributed by atoms with Crippen molar-refractivity contribution < 1.29 is 5.11 Å². The number of hydrogen-bond donors (Lipinski definition) is 2. The highest BCUT2D eigenvalue weighted by molar-refractivity contribution is 4.87. The van der Waals surface area contributed by atoms with E-state index < -0.39 is 0 Å². The summed E-state index contributed by atoms with van der Waals surface area (Å²) in [4.78, 5) is 2.65. The maximum absolute atomic E-state index is 9.14. The van der Waals surface area contributed by atoms with E-state index in [0.29, 0.717) is 24.7 Å². The normalized spacial score (nSPS) is 37.5. The van der Waals surface area contributed by atoms with E-state index in [1.54, 1.807) is 0 Å². The quantitative estimate of drug-likeness (QED) is 0.766. The lowest BCUT2D eigenvalue weighted by Crippen LogP contribution is -2.50. The van der Waals surface area contributed by atoms with Crippen LogP contribution in [0.1, 0.15) is 51.4 Å². The first kappa shape index (κ1) is 12.3. The molecule has 3 atom stereocenters. The Kier molecular flexibility index (Phi) is 4.62. The summed E-state index contributed by atoms with van der Waals surface area (Å²) in [5.41, 5.74) is 6.08. The largest absolute Gasteiger partial charge is 0.396 e. The van der Waals surface area contributed by atoms with Crippen LogP contribution in [0.4, 0.5) is 0 Å². The fraction of sp³-hybridized carbons (Fsp3) is 1.00. The van der Waals surface area contributed by atoms with Crippen LogP contribution in [-0.4, -0.2) is 41.3 Å². The SMILES string of the molecule is NC1CCCC(N2CCCCC2CCO)C1. The van der Waals surface area contributed by atoms with Crippen LogP contribution in [-0.2, 0) is 0 Å². The molecular formula is C13H26N2O. The zero-order valence-electron chi connectivity index (χ0n) is 10.3. The summed E-state index contributed by atoms with van der Waals surface area (Å²) in [5.74, 6) is 0. The molecule has 94 valence electrons. The molecule has 1 saturated heterocycles. The monoisotopic (exact) mass is 226 g/mol. The van der Waals surface area contributed by atoms with Gasteiger partial charge < -0.3 is 10.8 Å². The summed E-state index contributed by atoms with van der Waals surface area (Å²) >= 11 is 0. The maximum atomic E-state index is 9.14. The molecule has 0 amide bonds. The molecule has 0 aromatic carbocycles. The molecule has 0 spiro atoms. The highest BCUT2D eigenvalue weighted by Crippen LogP contribution is 2.29. The van der Waals surface area contributed by atoms with Crippen LogP contribution in [0.2, 0.25) is 0 Å². The summed E-state index contributed by atoms with van der Waals surface area (Å²) in [6, 6.07) is 1.73. The molecule has 3 unspecified atom stereocenters. The van der Waals surface area contributed by atoms with Crippen molar-refractivity contribution in [2.24, 2.45) is 5.73 Å². The molecular weight excluding hydrogens is 200 g/mol. The van der Waals surface area contributed by atoms with Gasteiger partial charge in [-0.25, -0.2) is 0 Å². The molecule has 2 rings (SSSR count). The number of rotatable bonds is 3. The third-order valence-electron chi connectivity index (χ3n) is 4.29. The Morgan fingerprint density at radius 2 is 2.00 bits per heavy atom. The molecule has 2 fully saturated rings. The Bertz CT molecular complexity index is 208. The van der Waals surface area contributed by atoms with Crippen molar-refractivity contribution in [3.63, 3.8) is 0 Å². The lowest BCUT2D eigenvalue weighted by atomic mass is 9.87. The Hall–Kier alpha value is -0.120. The standard InChI is InChI=1S/C13H26N2O/c14-11-4-3-6-13(10-11)15-8-2-1-5-12(15)7-9-16/h11-13,16H,1-10,14H2. The molecule has 1 aliphatic heterocycles. The number of nitrogens with two attached hydrogens (primary N) is 1. The maximum Gasteiger partial charge on any atom is 0.0445 e. The average Bonchev–Trinajstić information content (AvgIpc) is 2.30. The van der Waals surface area contributed by atoms with Crippen LogP contribution < -0.4 is 5.73 Å². The minimum atomic E-state index is 0.333. The van der Waals surface area contributed by atoms with Gasteiger partial charge in [-0.2, -0.15) is 0 Å². The summed E-state index contributed by atoms with van der Waals surface area (Å²) in [6.07, 6.45) is 9.85. The van der Waals surface area contributed by atoms with Gasteiger partial charge in [0.1, 0.15) is 0 Å². The van der Waals surface area contributed by atoms with Crippen molar-refractivity contribution in [2.45, 2.75) is 69.5 Å². The van der Waals surface area contributed by atoms with Crippen molar-refractivity contribution >= 4 is 0 Å². The van der Waals surface area contributed by atoms with Gasteiger partial charge in [-0.1, -0.05) is 12.8 Å². The molecule has 0 aromatic heterocycles. The summed E-state index contributed by atoms with van der Waals surface area (Å²) in [5, 5.41) is 9.14. The second-order valence-corrected chi connectivity index (χ2v) is 5.48. The predicted molar refractivity (Wildman–Crippen MR) is 66.3 cm³/mol.